The van der Waals surface area contributed by atoms with Crippen LogP contribution in [-0.4, -0.2) is 11.5 Å². The van der Waals surface area contributed by atoms with Crippen LogP contribution in [0.2, 0.25) is 0 Å². The lowest BCUT2D eigenvalue weighted by Gasteiger charge is -2.19. The van der Waals surface area contributed by atoms with Crippen molar-refractivity contribution in [2.45, 2.75) is 49.3 Å². The minimum absolute atomic E-state index is 1.12. The predicted octanol–water partition coefficient (Wildman–Crippen LogP) is 8.96. The van der Waals surface area contributed by atoms with E-state index in [1.165, 1.54) is 41.2 Å². The fourth-order valence-corrected chi connectivity index (χ4v) is 5.42. The second-order valence-corrected chi connectivity index (χ2v) is 9.51. The zero-order valence-corrected chi connectivity index (χ0v) is 19.6. The lowest BCUT2D eigenvalue weighted by molar-refractivity contribution is 0.895. The monoisotopic (exact) mass is 436 g/mol. The Bertz CT molecular complexity index is 851. The van der Waals surface area contributed by atoms with Gasteiger partial charge in [-0.3, -0.25) is 0 Å². The Morgan fingerprint density at radius 1 is 0.600 bits per heavy atom. The molecule has 4 heteroatoms. The van der Waals surface area contributed by atoms with E-state index in [0.29, 0.717) is 0 Å². The van der Waals surface area contributed by atoms with E-state index < -0.39 is 0 Å². The Labute approximate surface area is 190 Å². The van der Waals surface area contributed by atoms with E-state index in [1.54, 1.807) is 0 Å². The summed E-state index contributed by atoms with van der Waals surface area (Å²) in [7, 11) is 0. The maximum absolute atomic E-state index is 3.72. The molecule has 0 fully saturated rings. The summed E-state index contributed by atoms with van der Waals surface area (Å²) in [4.78, 5) is 2.62. The van der Waals surface area contributed by atoms with Gasteiger partial charge in [0.25, 0.3) is 0 Å². The Morgan fingerprint density at radius 2 is 1.07 bits per heavy atom. The van der Waals surface area contributed by atoms with Gasteiger partial charge in [-0.15, -0.1) is 23.5 Å². The number of para-hydroxylation sites is 2. The first-order chi connectivity index (χ1) is 14.8. The predicted molar refractivity (Wildman–Crippen MR) is 137 cm³/mol. The zero-order valence-electron chi connectivity index (χ0n) is 18.0. The number of nitrogens with one attached hydrogen (secondary N) is 2. The highest BCUT2D eigenvalue weighted by Crippen LogP contribution is 2.41. The van der Waals surface area contributed by atoms with Crippen molar-refractivity contribution in [1.82, 2.24) is 0 Å². The first-order valence-corrected chi connectivity index (χ1v) is 12.8. The lowest BCUT2D eigenvalue weighted by atomic mass is 10.2. The van der Waals surface area contributed by atoms with Gasteiger partial charge in [0.15, 0.2) is 0 Å². The zero-order chi connectivity index (χ0) is 21.0. The van der Waals surface area contributed by atoms with E-state index in [2.05, 4.69) is 97.3 Å². The number of anilines is 4. The summed E-state index contributed by atoms with van der Waals surface area (Å²) in [5, 5.41) is 7.32. The van der Waals surface area contributed by atoms with Crippen molar-refractivity contribution in [2.75, 3.05) is 22.1 Å². The van der Waals surface area contributed by atoms with Crippen LogP contribution in [0.25, 0.3) is 0 Å². The molecule has 0 saturated heterocycles. The molecule has 0 bridgehead atoms. The lowest BCUT2D eigenvalue weighted by Crippen LogP contribution is -1.99. The van der Waals surface area contributed by atoms with E-state index in [-0.39, 0.29) is 0 Å². The largest absolute Gasteiger partial charge is 0.355 e. The molecule has 2 N–H and O–H groups in total. The molecule has 3 rings (SSSR count). The molecular formula is C26H32N2S2. The number of benzene rings is 3. The van der Waals surface area contributed by atoms with Crippen molar-refractivity contribution in [2.24, 2.45) is 0 Å². The van der Waals surface area contributed by atoms with Crippen LogP contribution >= 0.6 is 23.5 Å². The summed E-state index contributed by atoms with van der Waals surface area (Å²) in [5.74, 6) is 2.27. The topological polar surface area (TPSA) is 24.1 Å². The summed E-state index contributed by atoms with van der Waals surface area (Å²) >= 11 is 3.91. The van der Waals surface area contributed by atoms with Gasteiger partial charge in [-0.2, -0.15) is 0 Å². The molecule has 0 aromatic heterocycles. The van der Waals surface area contributed by atoms with Crippen LogP contribution in [0.4, 0.5) is 22.7 Å². The Morgan fingerprint density at radius 3 is 1.53 bits per heavy atom. The van der Waals surface area contributed by atoms with Gasteiger partial charge in [-0.1, -0.05) is 63.1 Å². The van der Waals surface area contributed by atoms with E-state index in [1.807, 2.05) is 23.5 Å². The average Bonchev–Trinajstić information content (AvgIpc) is 2.77. The quantitative estimate of drug-likeness (QED) is 0.218. The Balaban J connectivity index is 1.95. The molecule has 2 nitrogen and oxygen atoms in total. The summed E-state index contributed by atoms with van der Waals surface area (Å²) in [6, 6.07) is 25.5. The third-order valence-corrected chi connectivity index (χ3v) is 6.93. The number of hydrogen-bond donors (Lipinski definition) is 2. The number of hydrogen-bond acceptors (Lipinski definition) is 4. The Kier molecular flexibility index (Phi) is 9.52. The molecule has 30 heavy (non-hydrogen) atoms. The first-order valence-electron chi connectivity index (χ1n) is 10.9. The SMILES string of the molecule is CCCCSc1cc(Nc2ccccc2)cc(SCCCC)c1Nc1ccccc1. The minimum atomic E-state index is 1.12. The molecule has 3 aromatic carbocycles. The number of rotatable bonds is 12. The van der Waals surface area contributed by atoms with E-state index in [4.69, 9.17) is 0 Å². The van der Waals surface area contributed by atoms with E-state index in [0.717, 1.165) is 28.6 Å². The van der Waals surface area contributed by atoms with Crippen LogP contribution in [-0.2, 0) is 0 Å². The number of unbranched alkanes of at least 4 members (excludes halogenated alkanes) is 2. The van der Waals surface area contributed by atoms with Gasteiger partial charge in [-0.25, -0.2) is 0 Å². The smallest absolute Gasteiger partial charge is 0.0662 e. The van der Waals surface area contributed by atoms with Gasteiger partial charge in [0.05, 0.1) is 5.69 Å². The Hall–Kier alpha value is -2.04. The van der Waals surface area contributed by atoms with Gasteiger partial charge >= 0.3 is 0 Å². The molecule has 3 aromatic rings. The van der Waals surface area contributed by atoms with Crippen LogP contribution in [0, 0.1) is 0 Å². The molecule has 0 heterocycles. The maximum atomic E-state index is 3.72. The standard InChI is InChI=1S/C26H32N2S2/c1-3-5-17-29-24-19-23(27-21-13-9-7-10-14-21)20-25(30-18-6-4-2)26(24)28-22-15-11-8-12-16-22/h7-16,19-20,27-28H,3-6,17-18H2,1-2H3. The summed E-state index contributed by atoms with van der Waals surface area (Å²) in [6.07, 6.45) is 4.89. The molecule has 158 valence electrons. The molecule has 0 aliphatic rings. The fraction of sp³-hybridized carbons (Fsp3) is 0.308. The molecule has 0 aliphatic carbocycles. The van der Waals surface area contributed by atoms with Crippen molar-refractivity contribution < 1.29 is 0 Å². The molecule has 0 radical (unpaired) electrons. The molecule has 0 unspecified atom stereocenters. The second-order valence-electron chi connectivity index (χ2n) is 7.23. The van der Waals surface area contributed by atoms with E-state index >= 15 is 0 Å². The highest BCUT2D eigenvalue weighted by Gasteiger charge is 2.13. The minimum Gasteiger partial charge on any atom is -0.355 e. The molecule has 0 aliphatic heterocycles. The van der Waals surface area contributed by atoms with Crippen molar-refractivity contribution in [3.63, 3.8) is 0 Å². The van der Waals surface area contributed by atoms with Gasteiger partial charge < -0.3 is 10.6 Å². The molecule has 0 saturated carbocycles. The van der Waals surface area contributed by atoms with Crippen LogP contribution in [0.15, 0.2) is 82.6 Å². The molecule has 0 spiro atoms. The van der Waals surface area contributed by atoms with Gasteiger partial charge in [0.2, 0.25) is 0 Å². The van der Waals surface area contributed by atoms with Crippen molar-refractivity contribution in [1.29, 1.82) is 0 Å². The molecule has 0 amide bonds. The molecular weight excluding hydrogens is 404 g/mol. The normalized spacial score (nSPS) is 10.7. The third-order valence-electron chi connectivity index (χ3n) is 4.68. The summed E-state index contributed by atoms with van der Waals surface area (Å²) in [5.41, 5.74) is 4.64. The maximum Gasteiger partial charge on any atom is 0.0662 e. The van der Waals surface area contributed by atoms with Crippen LogP contribution in [0.5, 0.6) is 0 Å². The van der Waals surface area contributed by atoms with Crippen molar-refractivity contribution in [3.05, 3.63) is 72.8 Å². The molecule has 0 atom stereocenters. The van der Waals surface area contributed by atoms with Gasteiger partial charge in [0, 0.05) is 26.9 Å². The van der Waals surface area contributed by atoms with Crippen LogP contribution in [0.3, 0.4) is 0 Å². The van der Waals surface area contributed by atoms with Gasteiger partial charge in [-0.05, 0) is 60.7 Å². The third kappa shape index (κ3) is 7.03. The average molecular weight is 437 g/mol. The van der Waals surface area contributed by atoms with Gasteiger partial charge in [0.1, 0.15) is 0 Å². The van der Waals surface area contributed by atoms with Crippen LogP contribution < -0.4 is 10.6 Å². The fourth-order valence-electron chi connectivity index (χ4n) is 3.02. The summed E-state index contributed by atoms with van der Waals surface area (Å²) < 4.78 is 0. The van der Waals surface area contributed by atoms with E-state index in [9.17, 15) is 0 Å². The highest BCUT2D eigenvalue weighted by atomic mass is 32.2. The second kappa shape index (κ2) is 12.6. The first kappa shape index (κ1) is 22.6. The van der Waals surface area contributed by atoms with Crippen LogP contribution in [0.1, 0.15) is 39.5 Å². The summed E-state index contributed by atoms with van der Waals surface area (Å²) in [6.45, 7) is 4.51. The van der Waals surface area contributed by atoms with Crippen molar-refractivity contribution in [3.8, 4) is 0 Å². The van der Waals surface area contributed by atoms with Crippen molar-refractivity contribution >= 4 is 46.3 Å². The highest BCUT2D eigenvalue weighted by molar-refractivity contribution is 8.00. The number of thioether (sulfide) groups is 2.